The van der Waals surface area contributed by atoms with Gasteiger partial charge in [-0.1, -0.05) is 27.2 Å². The fourth-order valence-electron chi connectivity index (χ4n) is 2.42. The third kappa shape index (κ3) is 1.63. The van der Waals surface area contributed by atoms with Crippen molar-refractivity contribution >= 4 is 5.78 Å². The van der Waals surface area contributed by atoms with E-state index in [1.165, 1.54) is 0 Å². The van der Waals surface area contributed by atoms with Gasteiger partial charge in [0.15, 0.2) is 5.78 Å². The minimum Gasteiger partial charge on any atom is -0.385 e. The Balaban J connectivity index is 3.12. The van der Waals surface area contributed by atoms with Crippen LogP contribution in [0.25, 0.3) is 0 Å². The Bertz CT molecular complexity index is 276. The van der Waals surface area contributed by atoms with Gasteiger partial charge in [0.1, 0.15) is 0 Å². The molecule has 1 unspecified atom stereocenters. The molecule has 0 heterocycles. The average molecular weight is 196 g/mol. The van der Waals surface area contributed by atoms with E-state index in [1.807, 2.05) is 20.8 Å². The van der Waals surface area contributed by atoms with Crippen molar-refractivity contribution < 1.29 is 9.90 Å². The van der Waals surface area contributed by atoms with Crippen LogP contribution in [0.1, 0.15) is 47.0 Å². The van der Waals surface area contributed by atoms with E-state index in [9.17, 15) is 9.90 Å². The molecule has 14 heavy (non-hydrogen) atoms. The summed E-state index contributed by atoms with van der Waals surface area (Å²) in [4.78, 5) is 11.4. The summed E-state index contributed by atoms with van der Waals surface area (Å²) in [7, 11) is 0. The highest BCUT2D eigenvalue weighted by molar-refractivity contribution is 5.92. The molecule has 0 fully saturated rings. The fourth-order valence-corrected chi connectivity index (χ4v) is 2.42. The molecule has 0 amide bonds. The highest BCUT2D eigenvalue weighted by atomic mass is 16.3. The van der Waals surface area contributed by atoms with Gasteiger partial charge in [-0.05, 0) is 25.0 Å². The molecule has 2 heteroatoms. The predicted molar refractivity (Wildman–Crippen MR) is 57.0 cm³/mol. The van der Waals surface area contributed by atoms with E-state index >= 15 is 0 Å². The van der Waals surface area contributed by atoms with Crippen LogP contribution in [0.15, 0.2) is 11.6 Å². The van der Waals surface area contributed by atoms with Crippen molar-refractivity contribution in [3.8, 4) is 0 Å². The van der Waals surface area contributed by atoms with Crippen LogP contribution in [-0.4, -0.2) is 16.5 Å². The Kier molecular flexibility index (Phi) is 2.86. The Hall–Kier alpha value is -0.630. The first-order valence-corrected chi connectivity index (χ1v) is 5.27. The van der Waals surface area contributed by atoms with Crippen LogP contribution < -0.4 is 0 Å². The summed E-state index contributed by atoms with van der Waals surface area (Å²) in [6, 6.07) is 0. The first kappa shape index (κ1) is 11.4. The van der Waals surface area contributed by atoms with Crippen LogP contribution in [0.3, 0.4) is 0 Å². The number of hydrogen-bond donors (Lipinski definition) is 1. The molecule has 0 bridgehead atoms. The molecule has 0 aromatic heterocycles. The van der Waals surface area contributed by atoms with Gasteiger partial charge in [-0.15, -0.1) is 0 Å². The molecule has 0 aromatic carbocycles. The second kappa shape index (κ2) is 3.50. The molecule has 1 aliphatic carbocycles. The summed E-state index contributed by atoms with van der Waals surface area (Å²) >= 11 is 0. The van der Waals surface area contributed by atoms with Gasteiger partial charge < -0.3 is 5.11 Å². The number of rotatable bonds is 2. The maximum Gasteiger partial charge on any atom is 0.156 e. The zero-order valence-electron chi connectivity index (χ0n) is 9.55. The van der Waals surface area contributed by atoms with E-state index in [0.717, 1.165) is 18.4 Å². The zero-order valence-corrected chi connectivity index (χ0v) is 9.55. The van der Waals surface area contributed by atoms with Crippen molar-refractivity contribution in [2.24, 2.45) is 5.41 Å². The predicted octanol–water partition coefficient (Wildman–Crippen LogP) is 2.46. The first-order chi connectivity index (χ1) is 6.33. The Morgan fingerprint density at radius 1 is 1.50 bits per heavy atom. The van der Waals surface area contributed by atoms with Crippen LogP contribution in [-0.2, 0) is 4.79 Å². The summed E-state index contributed by atoms with van der Waals surface area (Å²) in [5.74, 6) is 0.133. The summed E-state index contributed by atoms with van der Waals surface area (Å²) in [6.45, 7) is 7.85. The van der Waals surface area contributed by atoms with Crippen LogP contribution in [0, 0.1) is 5.41 Å². The maximum absolute atomic E-state index is 11.4. The van der Waals surface area contributed by atoms with E-state index in [0.29, 0.717) is 6.42 Å². The van der Waals surface area contributed by atoms with Gasteiger partial charge in [0.2, 0.25) is 0 Å². The van der Waals surface area contributed by atoms with Gasteiger partial charge in [-0.25, -0.2) is 0 Å². The molecule has 0 saturated carbocycles. The van der Waals surface area contributed by atoms with Crippen LogP contribution in [0.2, 0.25) is 0 Å². The molecule has 0 aliphatic heterocycles. The third-order valence-electron chi connectivity index (χ3n) is 3.38. The summed E-state index contributed by atoms with van der Waals surface area (Å²) < 4.78 is 0. The molecule has 2 nitrogen and oxygen atoms in total. The number of allylic oxidation sites excluding steroid dienone is 1. The highest BCUT2D eigenvalue weighted by Gasteiger charge is 2.47. The van der Waals surface area contributed by atoms with Crippen molar-refractivity contribution in [3.05, 3.63) is 11.6 Å². The summed E-state index contributed by atoms with van der Waals surface area (Å²) in [5, 5.41) is 10.6. The SMILES string of the molecule is CCCC1(O)C(C)=CC(=O)CC1(C)C. The third-order valence-corrected chi connectivity index (χ3v) is 3.38. The Labute approximate surface area is 86.0 Å². The largest absolute Gasteiger partial charge is 0.385 e. The van der Waals surface area contributed by atoms with Crippen LogP contribution >= 0.6 is 0 Å². The lowest BCUT2D eigenvalue weighted by atomic mass is 9.63. The van der Waals surface area contributed by atoms with Crippen LogP contribution in [0.4, 0.5) is 0 Å². The van der Waals surface area contributed by atoms with Crippen molar-refractivity contribution in [2.45, 2.75) is 52.6 Å². The minimum atomic E-state index is -0.796. The molecule has 0 aromatic rings. The summed E-state index contributed by atoms with van der Waals surface area (Å²) in [5.41, 5.74) is -0.310. The fraction of sp³-hybridized carbons (Fsp3) is 0.750. The lowest BCUT2D eigenvalue weighted by molar-refractivity contribution is -0.124. The van der Waals surface area contributed by atoms with Gasteiger partial charge in [0.05, 0.1) is 5.60 Å². The molecule has 1 rings (SSSR count). The van der Waals surface area contributed by atoms with Gasteiger partial charge in [-0.3, -0.25) is 4.79 Å². The summed E-state index contributed by atoms with van der Waals surface area (Å²) in [6.07, 6.45) is 3.71. The number of aliphatic hydroxyl groups is 1. The second-order valence-electron chi connectivity index (χ2n) is 4.96. The lowest BCUT2D eigenvalue weighted by Gasteiger charge is -2.45. The van der Waals surface area contributed by atoms with Gasteiger partial charge in [0, 0.05) is 11.8 Å². The molecule has 0 radical (unpaired) electrons. The Morgan fingerprint density at radius 2 is 2.07 bits per heavy atom. The van der Waals surface area contributed by atoms with Gasteiger partial charge in [0.25, 0.3) is 0 Å². The molecule has 1 N–H and O–H groups in total. The van der Waals surface area contributed by atoms with Crippen LogP contribution in [0.5, 0.6) is 0 Å². The molecule has 80 valence electrons. The van der Waals surface area contributed by atoms with E-state index in [4.69, 9.17) is 0 Å². The minimum absolute atomic E-state index is 0.133. The lowest BCUT2D eigenvalue weighted by Crippen LogP contribution is -2.49. The average Bonchev–Trinajstić information content (AvgIpc) is 2.00. The quantitative estimate of drug-likeness (QED) is 0.736. The van der Waals surface area contributed by atoms with E-state index < -0.39 is 5.60 Å². The van der Waals surface area contributed by atoms with E-state index in [2.05, 4.69) is 6.92 Å². The van der Waals surface area contributed by atoms with Gasteiger partial charge >= 0.3 is 0 Å². The van der Waals surface area contributed by atoms with Gasteiger partial charge in [-0.2, -0.15) is 0 Å². The number of hydrogen-bond acceptors (Lipinski definition) is 2. The molecular weight excluding hydrogens is 176 g/mol. The zero-order chi connectivity index (χ0) is 11.0. The number of ketones is 1. The van der Waals surface area contributed by atoms with Crippen molar-refractivity contribution in [3.63, 3.8) is 0 Å². The van der Waals surface area contributed by atoms with Crippen molar-refractivity contribution in [1.82, 2.24) is 0 Å². The number of carbonyl (C=O) groups excluding carboxylic acids is 1. The first-order valence-electron chi connectivity index (χ1n) is 5.27. The second-order valence-corrected chi connectivity index (χ2v) is 4.96. The smallest absolute Gasteiger partial charge is 0.156 e. The maximum atomic E-state index is 11.4. The highest BCUT2D eigenvalue weighted by Crippen LogP contribution is 2.45. The Morgan fingerprint density at radius 3 is 2.50 bits per heavy atom. The van der Waals surface area contributed by atoms with Crippen molar-refractivity contribution in [1.29, 1.82) is 0 Å². The van der Waals surface area contributed by atoms with E-state index in [-0.39, 0.29) is 11.2 Å². The molecule has 1 atom stereocenters. The standard InChI is InChI=1S/C12H20O2/c1-5-6-12(14)9(2)7-10(13)8-11(12,3)4/h7,14H,5-6,8H2,1-4H3. The molecular formula is C12H20O2. The topological polar surface area (TPSA) is 37.3 Å². The molecule has 0 saturated heterocycles. The molecule has 0 spiro atoms. The number of carbonyl (C=O) groups is 1. The monoisotopic (exact) mass is 196 g/mol. The molecule has 1 aliphatic rings. The normalized spacial score (nSPS) is 31.5. The van der Waals surface area contributed by atoms with E-state index in [1.54, 1.807) is 6.08 Å². The van der Waals surface area contributed by atoms with Crippen molar-refractivity contribution in [2.75, 3.05) is 0 Å².